The highest BCUT2D eigenvalue weighted by Crippen LogP contribution is 2.25. The number of aliphatic hydroxyl groups excluding tert-OH is 2. The average Bonchev–Trinajstić information content (AvgIpc) is 3.40. The second-order valence-electron chi connectivity index (χ2n) is 9.03. The third-order valence-electron chi connectivity index (χ3n) is 6.53. The van der Waals surface area contributed by atoms with Crippen molar-refractivity contribution in [3.8, 4) is 11.1 Å². The lowest BCUT2D eigenvalue weighted by Crippen LogP contribution is -2.51. The van der Waals surface area contributed by atoms with Crippen LogP contribution >= 0.6 is 0 Å². The molecule has 1 aliphatic heterocycles. The molecule has 0 radical (unpaired) electrons. The average molecular weight is 533 g/mol. The lowest BCUT2D eigenvalue weighted by Gasteiger charge is -2.27. The van der Waals surface area contributed by atoms with E-state index in [1.807, 2.05) is 42.5 Å². The second-order valence-corrected chi connectivity index (χ2v) is 9.03. The van der Waals surface area contributed by atoms with Gasteiger partial charge in [0.2, 0.25) is 5.91 Å². The number of aliphatic hydroxyl groups is 2. The summed E-state index contributed by atoms with van der Waals surface area (Å²) in [5.74, 6) is -0.974. The summed E-state index contributed by atoms with van der Waals surface area (Å²) in [6, 6.07) is 19.8. The Morgan fingerprint density at radius 1 is 1.08 bits per heavy atom. The van der Waals surface area contributed by atoms with Crippen LogP contribution in [-0.4, -0.2) is 69.9 Å². The smallest absolute Gasteiger partial charge is 0.269 e. The van der Waals surface area contributed by atoms with Gasteiger partial charge in [-0.2, -0.15) is 0 Å². The zero-order valence-corrected chi connectivity index (χ0v) is 21.1. The standard InChI is InChI=1S/C28H28N4O7/c1-39-30-22-15-25(27(35)29-24(17-33)26(34)20-11-13-23(14-12-20)32(37)38)31(16-22)28(36)21-9-7-19(8-10-21)18-5-3-2-4-6-18/h2-14,24-26,33-34H,15-17H2,1H3,(H,29,35)/t24-,25-,26-/m0/s1. The molecule has 11 nitrogen and oxygen atoms in total. The highest BCUT2D eigenvalue weighted by molar-refractivity contribution is 6.05. The van der Waals surface area contributed by atoms with Gasteiger partial charge in [0.05, 0.1) is 29.8 Å². The summed E-state index contributed by atoms with van der Waals surface area (Å²) >= 11 is 0. The van der Waals surface area contributed by atoms with Crippen LogP contribution in [0.4, 0.5) is 5.69 Å². The van der Waals surface area contributed by atoms with Gasteiger partial charge in [-0.1, -0.05) is 47.6 Å². The first-order chi connectivity index (χ1) is 18.8. The van der Waals surface area contributed by atoms with Crippen molar-refractivity contribution in [3.05, 3.63) is 100 Å². The Morgan fingerprint density at radius 2 is 1.72 bits per heavy atom. The summed E-state index contributed by atoms with van der Waals surface area (Å²) in [4.78, 5) is 43.3. The number of benzene rings is 3. The van der Waals surface area contributed by atoms with Crippen LogP contribution in [0.3, 0.4) is 0 Å². The van der Waals surface area contributed by atoms with Gasteiger partial charge >= 0.3 is 0 Å². The van der Waals surface area contributed by atoms with Gasteiger partial charge in [0.25, 0.3) is 11.6 Å². The maximum atomic E-state index is 13.5. The van der Waals surface area contributed by atoms with E-state index in [0.717, 1.165) is 11.1 Å². The molecule has 1 heterocycles. The first kappa shape index (κ1) is 27.4. The van der Waals surface area contributed by atoms with Crippen molar-refractivity contribution in [1.29, 1.82) is 0 Å². The molecule has 39 heavy (non-hydrogen) atoms. The number of hydrogen-bond acceptors (Lipinski definition) is 8. The number of nitrogens with zero attached hydrogens (tertiary/aromatic N) is 3. The van der Waals surface area contributed by atoms with Gasteiger partial charge in [0.1, 0.15) is 19.3 Å². The molecule has 1 saturated heterocycles. The predicted molar refractivity (Wildman–Crippen MR) is 143 cm³/mol. The van der Waals surface area contributed by atoms with E-state index in [0.29, 0.717) is 11.3 Å². The molecule has 3 N–H and O–H groups in total. The lowest BCUT2D eigenvalue weighted by atomic mass is 10.0. The molecule has 2 amide bonds. The molecule has 0 bridgehead atoms. The molecular weight excluding hydrogens is 504 g/mol. The van der Waals surface area contributed by atoms with Crippen LogP contribution in [0.1, 0.15) is 28.4 Å². The molecule has 3 atom stereocenters. The number of non-ortho nitro benzene ring substituents is 1. The number of nitro benzene ring substituents is 1. The Balaban J connectivity index is 1.51. The van der Waals surface area contributed by atoms with E-state index < -0.39 is 35.6 Å². The number of amides is 2. The summed E-state index contributed by atoms with van der Waals surface area (Å²) in [5, 5.41) is 38.1. The molecule has 0 spiro atoms. The summed E-state index contributed by atoms with van der Waals surface area (Å²) in [6.07, 6.45) is -1.23. The number of oxime groups is 1. The minimum Gasteiger partial charge on any atom is -0.399 e. The molecule has 11 heteroatoms. The van der Waals surface area contributed by atoms with E-state index in [4.69, 9.17) is 4.84 Å². The number of nitro groups is 1. The molecule has 1 fully saturated rings. The van der Waals surface area contributed by atoms with E-state index in [1.165, 1.54) is 36.3 Å². The summed E-state index contributed by atoms with van der Waals surface area (Å²) in [6.45, 7) is -0.537. The second kappa shape index (κ2) is 12.3. The van der Waals surface area contributed by atoms with Crippen molar-refractivity contribution < 1.29 is 29.6 Å². The first-order valence-electron chi connectivity index (χ1n) is 12.2. The minimum atomic E-state index is -1.34. The number of rotatable bonds is 9. The number of nitrogens with one attached hydrogen (secondary N) is 1. The highest BCUT2D eigenvalue weighted by atomic mass is 16.6. The Bertz CT molecular complexity index is 1340. The molecule has 0 aromatic heterocycles. The summed E-state index contributed by atoms with van der Waals surface area (Å²) in [5.41, 5.74) is 2.94. The largest absolute Gasteiger partial charge is 0.399 e. The van der Waals surface area contributed by atoms with Crippen molar-refractivity contribution in [2.75, 3.05) is 20.3 Å². The molecule has 1 aliphatic rings. The van der Waals surface area contributed by atoms with Crippen LogP contribution in [0.25, 0.3) is 11.1 Å². The molecular formula is C28H28N4O7. The molecule has 0 aliphatic carbocycles. The van der Waals surface area contributed by atoms with E-state index in [2.05, 4.69) is 10.5 Å². The molecule has 3 aromatic rings. The number of carbonyl (C=O) groups excluding carboxylic acids is 2. The Labute approximate surface area is 224 Å². The quantitative estimate of drug-likeness (QED) is 0.283. The van der Waals surface area contributed by atoms with E-state index in [9.17, 15) is 29.9 Å². The molecule has 0 saturated carbocycles. The Hall–Kier alpha value is -4.61. The van der Waals surface area contributed by atoms with Gasteiger partial charge in [-0.3, -0.25) is 19.7 Å². The zero-order chi connectivity index (χ0) is 27.9. The van der Waals surface area contributed by atoms with Crippen LogP contribution in [0.2, 0.25) is 0 Å². The SMILES string of the molecule is CON=C1C[C@@H](C(=O)N[C@@H](CO)[C@@H](O)c2ccc([N+](=O)[O-])cc2)N(C(=O)c2ccc(-c3ccccc3)cc2)C1. The first-order valence-corrected chi connectivity index (χ1v) is 12.2. The normalized spacial score (nSPS) is 17.5. The van der Waals surface area contributed by atoms with Gasteiger partial charge in [-0.15, -0.1) is 0 Å². The van der Waals surface area contributed by atoms with Gasteiger partial charge in [-0.05, 0) is 41.0 Å². The van der Waals surface area contributed by atoms with Crippen molar-refractivity contribution in [2.45, 2.75) is 24.6 Å². The van der Waals surface area contributed by atoms with Crippen molar-refractivity contribution in [2.24, 2.45) is 5.16 Å². The molecule has 4 rings (SSSR count). The monoisotopic (exact) mass is 532 g/mol. The molecule has 202 valence electrons. The summed E-state index contributed by atoms with van der Waals surface area (Å²) in [7, 11) is 1.37. The van der Waals surface area contributed by atoms with Crippen molar-refractivity contribution in [1.82, 2.24) is 10.2 Å². The fourth-order valence-corrected chi connectivity index (χ4v) is 4.48. The Kier molecular flexibility index (Phi) is 8.64. The van der Waals surface area contributed by atoms with Crippen LogP contribution < -0.4 is 5.32 Å². The molecule has 3 aromatic carbocycles. The third-order valence-corrected chi connectivity index (χ3v) is 6.53. The van der Waals surface area contributed by atoms with Crippen LogP contribution in [0.5, 0.6) is 0 Å². The highest BCUT2D eigenvalue weighted by Gasteiger charge is 2.39. The number of likely N-dealkylation sites (tertiary alicyclic amines) is 1. The summed E-state index contributed by atoms with van der Waals surface area (Å²) < 4.78 is 0. The lowest BCUT2D eigenvalue weighted by molar-refractivity contribution is -0.384. The van der Waals surface area contributed by atoms with Crippen molar-refractivity contribution in [3.63, 3.8) is 0 Å². The minimum absolute atomic E-state index is 0.0693. The zero-order valence-electron chi connectivity index (χ0n) is 21.1. The van der Waals surface area contributed by atoms with E-state index in [-0.39, 0.29) is 30.1 Å². The van der Waals surface area contributed by atoms with Gasteiger partial charge < -0.3 is 25.3 Å². The number of carbonyl (C=O) groups is 2. The number of hydrogen-bond donors (Lipinski definition) is 3. The van der Waals surface area contributed by atoms with Gasteiger partial charge in [-0.25, -0.2) is 0 Å². The van der Waals surface area contributed by atoms with E-state index >= 15 is 0 Å². The maximum Gasteiger partial charge on any atom is 0.269 e. The van der Waals surface area contributed by atoms with Crippen molar-refractivity contribution >= 4 is 23.2 Å². The van der Waals surface area contributed by atoms with Gasteiger partial charge in [0.15, 0.2) is 0 Å². The van der Waals surface area contributed by atoms with Crippen LogP contribution in [-0.2, 0) is 9.63 Å². The van der Waals surface area contributed by atoms with Crippen LogP contribution in [0.15, 0.2) is 84.0 Å². The van der Waals surface area contributed by atoms with Gasteiger partial charge in [0, 0.05) is 24.1 Å². The third kappa shape index (κ3) is 6.28. The maximum absolute atomic E-state index is 13.5. The van der Waals surface area contributed by atoms with E-state index in [1.54, 1.807) is 12.1 Å². The fourth-order valence-electron chi connectivity index (χ4n) is 4.48. The fraction of sp³-hybridized carbons (Fsp3) is 0.250. The Morgan fingerprint density at radius 3 is 2.31 bits per heavy atom. The van der Waals surface area contributed by atoms with Crippen LogP contribution in [0, 0.1) is 10.1 Å². The molecule has 0 unspecified atom stereocenters. The topological polar surface area (TPSA) is 155 Å². The predicted octanol–water partition coefficient (Wildman–Crippen LogP) is 2.69.